The minimum Gasteiger partial charge on any atom is -0.384 e. The molecule has 1 saturated heterocycles. The maximum absolute atomic E-state index is 6.37. The van der Waals surface area contributed by atoms with Crippen LogP contribution in [0.1, 0.15) is 45.4 Å². The Balaban J connectivity index is 1.80. The summed E-state index contributed by atoms with van der Waals surface area (Å²) in [5, 5.41) is 0. The molecular weight excluding hydrogens is 214 g/mol. The van der Waals surface area contributed by atoms with Crippen LogP contribution in [-0.2, 0) is 9.47 Å². The van der Waals surface area contributed by atoms with Crippen LogP contribution in [0, 0.1) is 11.8 Å². The van der Waals surface area contributed by atoms with Crippen LogP contribution in [0.2, 0.25) is 0 Å². The molecule has 3 unspecified atom stereocenters. The van der Waals surface area contributed by atoms with E-state index in [0.717, 1.165) is 26.1 Å². The van der Waals surface area contributed by atoms with Crippen LogP contribution in [0.25, 0.3) is 0 Å². The highest BCUT2D eigenvalue weighted by Gasteiger charge is 2.43. The van der Waals surface area contributed by atoms with Gasteiger partial charge in [-0.2, -0.15) is 0 Å². The van der Waals surface area contributed by atoms with E-state index in [1.165, 1.54) is 25.7 Å². The molecule has 0 radical (unpaired) electrons. The quantitative estimate of drug-likeness (QED) is 0.803. The third-order valence-corrected chi connectivity index (χ3v) is 4.53. The minimum absolute atomic E-state index is 0.227. The third-order valence-electron chi connectivity index (χ3n) is 4.53. The summed E-state index contributed by atoms with van der Waals surface area (Å²) in [5.41, 5.74) is 6.60. The van der Waals surface area contributed by atoms with Crippen molar-refractivity contribution in [2.45, 2.75) is 57.1 Å². The minimum atomic E-state index is 0.227. The fourth-order valence-corrected chi connectivity index (χ4v) is 3.36. The van der Waals surface area contributed by atoms with E-state index >= 15 is 0 Å². The van der Waals surface area contributed by atoms with Gasteiger partial charge in [-0.15, -0.1) is 0 Å². The van der Waals surface area contributed by atoms with Crippen molar-refractivity contribution >= 4 is 0 Å². The molecule has 0 aromatic heterocycles. The zero-order valence-electron chi connectivity index (χ0n) is 11.3. The monoisotopic (exact) mass is 241 g/mol. The molecule has 2 rings (SSSR count). The van der Waals surface area contributed by atoms with Gasteiger partial charge >= 0.3 is 0 Å². The number of nitrogens with two attached hydrogens (primary N) is 1. The van der Waals surface area contributed by atoms with Gasteiger partial charge in [-0.1, -0.05) is 6.92 Å². The van der Waals surface area contributed by atoms with Crippen LogP contribution in [0.4, 0.5) is 0 Å². The molecule has 1 aliphatic carbocycles. The highest BCUT2D eigenvalue weighted by atomic mass is 16.5. The fourth-order valence-electron chi connectivity index (χ4n) is 3.36. The van der Waals surface area contributed by atoms with E-state index in [4.69, 9.17) is 15.2 Å². The second-order valence-electron chi connectivity index (χ2n) is 6.10. The van der Waals surface area contributed by atoms with Crippen LogP contribution in [0.3, 0.4) is 0 Å². The molecule has 1 aliphatic heterocycles. The van der Waals surface area contributed by atoms with Gasteiger partial charge in [0.05, 0.1) is 5.60 Å². The summed E-state index contributed by atoms with van der Waals surface area (Å²) in [4.78, 5) is 0. The molecule has 2 fully saturated rings. The van der Waals surface area contributed by atoms with E-state index in [1.807, 2.05) is 0 Å². The fraction of sp³-hybridized carbons (Fsp3) is 1.00. The van der Waals surface area contributed by atoms with Crippen LogP contribution in [0.5, 0.6) is 0 Å². The molecule has 100 valence electrons. The smallest absolute Gasteiger partial charge is 0.0685 e. The average molecular weight is 241 g/mol. The van der Waals surface area contributed by atoms with Gasteiger partial charge in [-0.05, 0) is 50.4 Å². The topological polar surface area (TPSA) is 44.5 Å². The first-order valence-electron chi connectivity index (χ1n) is 7.04. The SMILES string of the molecule is COCC(C)CC(N)C1CCOC2(CCC2)C1. The summed E-state index contributed by atoms with van der Waals surface area (Å²) in [6, 6.07) is 0.321. The second kappa shape index (κ2) is 5.68. The largest absolute Gasteiger partial charge is 0.384 e. The molecule has 2 N–H and O–H groups in total. The number of hydrogen-bond acceptors (Lipinski definition) is 3. The Morgan fingerprint density at radius 2 is 2.24 bits per heavy atom. The van der Waals surface area contributed by atoms with Crippen LogP contribution in [-0.4, -0.2) is 32.0 Å². The van der Waals surface area contributed by atoms with Crippen molar-refractivity contribution in [3.05, 3.63) is 0 Å². The third kappa shape index (κ3) is 3.21. The predicted molar refractivity (Wildman–Crippen MR) is 68.9 cm³/mol. The average Bonchev–Trinajstić information content (AvgIpc) is 2.27. The lowest BCUT2D eigenvalue weighted by Gasteiger charge is -2.48. The van der Waals surface area contributed by atoms with E-state index in [9.17, 15) is 0 Å². The van der Waals surface area contributed by atoms with Crippen molar-refractivity contribution < 1.29 is 9.47 Å². The lowest BCUT2D eigenvalue weighted by molar-refractivity contribution is -0.146. The molecular formula is C14H27NO2. The van der Waals surface area contributed by atoms with E-state index in [-0.39, 0.29) is 5.60 Å². The van der Waals surface area contributed by atoms with Crippen molar-refractivity contribution in [2.24, 2.45) is 17.6 Å². The molecule has 17 heavy (non-hydrogen) atoms. The summed E-state index contributed by atoms with van der Waals surface area (Å²) >= 11 is 0. The molecule has 1 heterocycles. The Morgan fingerprint density at radius 3 is 2.82 bits per heavy atom. The standard InChI is InChI=1S/C14H27NO2/c1-11(10-16-2)8-13(15)12-4-7-17-14(9-12)5-3-6-14/h11-13H,3-10,15H2,1-2H3. The number of rotatable bonds is 5. The summed E-state index contributed by atoms with van der Waals surface area (Å²) in [7, 11) is 1.76. The first kappa shape index (κ1) is 13.3. The predicted octanol–water partition coefficient (Wildman–Crippen LogP) is 2.34. The molecule has 0 aromatic rings. The number of methoxy groups -OCH3 is 1. The maximum Gasteiger partial charge on any atom is 0.0685 e. The zero-order valence-corrected chi connectivity index (χ0v) is 11.3. The second-order valence-corrected chi connectivity index (χ2v) is 6.10. The lowest BCUT2D eigenvalue weighted by Crippen LogP contribution is -2.49. The number of ether oxygens (including phenoxy) is 2. The van der Waals surface area contributed by atoms with E-state index in [0.29, 0.717) is 17.9 Å². The van der Waals surface area contributed by atoms with Crippen LogP contribution < -0.4 is 5.73 Å². The molecule has 0 aromatic carbocycles. The van der Waals surface area contributed by atoms with Gasteiger partial charge in [0.25, 0.3) is 0 Å². The van der Waals surface area contributed by atoms with Gasteiger partial charge in [-0.3, -0.25) is 0 Å². The van der Waals surface area contributed by atoms with Crippen LogP contribution in [0.15, 0.2) is 0 Å². The Hall–Kier alpha value is -0.120. The van der Waals surface area contributed by atoms with Crippen molar-refractivity contribution in [3.8, 4) is 0 Å². The lowest BCUT2D eigenvalue weighted by atomic mass is 9.70. The van der Waals surface area contributed by atoms with E-state index < -0.39 is 0 Å². The summed E-state index contributed by atoms with van der Waals surface area (Å²) in [5.74, 6) is 1.22. The summed E-state index contributed by atoms with van der Waals surface area (Å²) < 4.78 is 11.1. The zero-order chi connectivity index (χ0) is 12.3. The molecule has 2 aliphatic rings. The maximum atomic E-state index is 6.37. The molecule has 3 atom stereocenters. The van der Waals surface area contributed by atoms with E-state index in [2.05, 4.69) is 6.92 Å². The van der Waals surface area contributed by atoms with Gasteiger partial charge in [0.2, 0.25) is 0 Å². The highest BCUT2D eigenvalue weighted by molar-refractivity contribution is 4.96. The molecule has 0 amide bonds. The normalized spacial score (nSPS) is 30.9. The van der Waals surface area contributed by atoms with Crippen molar-refractivity contribution in [3.63, 3.8) is 0 Å². The Labute approximate surface area is 105 Å². The van der Waals surface area contributed by atoms with Gasteiger partial charge in [-0.25, -0.2) is 0 Å². The van der Waals surface area contributed by atoms with Gasteiger partial charge in [0.15, 0.2) is 0 Å². The molecule has 1 saturated carbocycles. The van der Waals surface area contributed by atoms with Crippen molar-refractivity contribution in [1.29, 1.82) is 0 Å². The first-order valence-corrected chi connectivity index (χ1v) is 7.04. The van der Waals surface area contributed by atoms with Gasteiger partial charge in [0, 0.05) is 26.4 Å². The molecule has 3 heteroatoms. The Kier molecular flexibility index (Phi) is 4.45. The summed E-state index contributed by atoms with van der Waals surface area (Å²) in [6.07, 6.45) is 7.25. The van der Waals surface area contributed by atoms with Crippen molar-refractivity contribution in [1.82, 2.24) is 0 Å². The Bertz CT molecular complexity index is 240. The van der Waals surface area contributed by atoms with Gasteiger partial charge in [0.1, 0.15) is 0 Å². The molecule has 0 bridgehead atoms. The van der Waals surface area contributed by atoms with E-state index in [1.54, 1.807) is 7.11 Å². The summed E-state index contributed by atoms with van der Waals surface area (Å²) in [6.45, 7) is 3.96. The molecule has 3 nitrogen and oxygen atoms in total. The molecule has 1 spiro atoms. The Morgan fingerprint density at radius 1 is 1.47 bits per heavy atom. The highest BCUT2D eigenvalue weighted by Crippen LogP contribution is 2.45. The van der Waals surface area contributed by atoms with Crippen molar-refractivity contribution in [2.75, 3.05) is 20.3 Å². The van der Waals surface area contributed by atoms with Crippen LogP contribution >= 0.6 is 0 Å². The number of hydrogen-bond donors (Lipinski definition) is 1. The van der Waals surface area contributed by atoms with Gasteiger partial charge < -0.3 is 15.2 Å². The first-order chi connectivity index (χ1) is 8.15.